The van der Waals surface area contributed by atoms with Crippen molar-refractivity contribution < 1.29 is 28.2 Å². The summed E-state index contributed by atoms with van der Waals surface area (Å²) >= 11 is 0. The lowest BCUT2D eigenvalue weighted by molar-refractivity contribution is -0.137. The first kappa shape index (κ1) is 20.6. The molecule has 0 saturated heterocycles. The first-order valence-electron chi connectivity index (χ1n) is 8.50. The van der Waals surface area contributed by atoms with E-state index < -0.39 is 17.8 Å². The summed E-state index contributed by atoms with van der Waals surface area (Å²) in [6.07, 6.45) is 2.38. The van der Waals surface area contributed by atoms with Crippen LogP contribution < -0.4 is 9.47 Å². The molecular weight excluding hydrogens is 365 g/mol. The van der Waals surface area contributed by atoms with Gasteiger partial charge in [-0.2, -0.15) is 5.26 Å². The Bertz CT molecular complexity index is 900. The molecule has 0 aliphatic rings. The molecule has 6 nitrogen and oxygen atoms in total. The lowest BCUT2D eigenvalue weighted by atomic mass is 10.2. The largest absolute Gasteiger partial charge is 0.494 e. The fourth-order valence-electron chi connectivity index (χ4n) is 2.13. The van der Waals surface area contributed by atoms with Crippen LogP contribution in [0.3, 0.4) is 0 Å². The number of carbonyl (C=O) groups excluding carboxylic acids is 2. The Morgan fingerprint density at radius 3 is 2.50 bits per heavy atom. The van der Waals surface area contributed by atoms with E-state index in [0.717, 1.165) is 12.1 Å². The van der Waals surface area contributed by atoms with Crippen LogP contribution in [0.5, 0.6) is 11.5 Å². The standard InChI is InChI=1S/C21H18FNO5/c1-2-26-17-8-5-16(6-9-17)21(25)28-18-10-4-15(19(22)14-18)7-11-20(24)27-13-3-12-23/h4-11,14H,2-3,13H2,1H3/b11-7+. The quantitative estimate of drug-likeness (QED) is 0.297. The molecule has 0 aliphatic carbocycles. The van der Waals surface area contributed by atoms with Gasteiger partial charge in [-0.25, -0.2) is 14.0 Å². The van der Waals surface area contributed by atoms with Crippen LogP contribution in [0.2, 0.25) is 0 Å². The number of esters is 2. The molecule has 2 rings (SSSR count). The molecule has 0 radical (unpaired) electrons. The van der Waals surface area contributed by atoms with E-state index in [9.17, 15) is 14.0 Å². The number of halogens is 1. The summed E-state index contributed by atoms with van der Waals surface area (Å²) < 4.78 is 29.3. The minimum absolute atomic E-state index is 0.0252. The van der Waals surface area contributed by atoms with Gasteiger partial charge in [0.25, 0.3) is 0 Å². The maximum Gasteiger partial charge on any atom is 0.343 e. The van der Waals surface area contributed by atoms with Crippen molar-refractivity contribution in [3.63, 3.8) is 0 Å². The number of nitrogens with zero attached hydrogens (tertiary/aromatic N) is 1. The van der Waals surface area contributed by atoms with Crippen LogP contribution in [-0.2, 0) is 9.53 Å². The number of ether oxygens (including phenoxy) is 3. The smallest absolute Gasteiger partial charge is 0.343 e. The van der Waals surface area contributed by atoms with Crippen LogP contribution in [0.4, 0.5) is 4.39 Å². The van der Waals surface area contributed by atoms with Gasteiger partial charge in [-0.05, 0) is 49.4 Å². The molecule has 0 aliphatic heterocycles. The van der Waals surface area contributed by atoms with E-state index in [1.807, 2.05) is 13.0 Å². The Hall–Kier alpha value is -3.66. The third-order valence-corrected chi connectivity index (χ3v) is 3.44. The molecule has 2 aromatic rings. The van der Waals surface area contributed by atoms with E-state index >= 15 is 0 Å². The minimum atomic E-state index is -0.680. The summed E-state index contributed by atoms with van der Waals surface area (Å²) in [4.78, 5) is 23.6. The van der Waals surface area contributed by atoms with Crippen LogP contribution >= 0.6 is 0 Å². The van der Waals surface area contributed by atoms with Crippen LogP contribution in [0.1, 0.15) is 29.3 Å². The van der Waals surface area contributed by atoms with Gasteiger partial charge < -0.3 is 14.2 Å². The number of carbonyl (C=O) groups is 2. The van der Waals surface area contributed by atoms with E-state index in [1.165, 1.54) is 18.2 Å². The molecule has 28 heavy (non-hydrogen) atoms. The van der Waals surface area contributed by atoms with Gasteiger partial charge in [0.05, 0.1) is 24.7 Å². The predicted molar refractivity (Wildman–Crippen MR) is 99.2 cm³/mol. The van der Waals surface area contributed by atoms with Gasteiger partial charge in [0.2, 0.25) is 0 Å². The fourth-order valence-corrected chi connectivity index (χ4v) is 2.13. The van der Waals surface area contributed by atoms with Crippen molar-refractivity contribution in [1.29, 1.82) is 5.26 Å². The maximum absolute atomic E-state index is 14.1. The van der Waals surface area contributed by atoms with Gasteiger partial charge in [-0.3, -0.25) is 0 Å². The third-order valence-electron chi connectivity index (χ3n) is 3.44. The first-order valence-corrected chi connectivity index (χ1v) is 8.50. The molecular formula is C21H18FNO5. The molecule has 2 aromatic carbocycles. The highest BCUT2D eigenvalue weighted by atomic mass is 19.1. The number of hydrogen-bond acceptors (Lipinski definition) is 6. The number of hydrogen-bond donors (Lipinski definition) is 0. The highest BCUT2D eigenvalue weighted by Gasteiger charge is 2.11. The molecule has 0 saturated carbocycles. The number of rotatable bonds is 8. The van der Waals surface area contributed by atoms with E-state index in [4.69, 9.17) is 19.5 Å². The molecule has 0 bridgehead atoms. The van der Waals surface area contributed by atoms with Gasteiger partial charge in [0.1, 0.15) is 23.9 Å². The zero-order valence-corrected chi connectivity index (χ0v) is 15.2. The predicted octanol–water partition coefficient (Wildman–Crippen LogP) is 3.91. The Morgan fingerprint density at radius 2 is 1.86 bits per heavy atom. The zero-order valence-electron chi connectivity index (χ0n) is 15.2. The second-order valence-electron chi connectivity index (χ2n) is 5.44. The van der Waals surface area contributed by atoms with Crippen LogP contribution in [0, 0.1) is 17.1 Å². The highest BCUT2D eigenvalue weighted by molar-refractivity contribution is 5.91. The molecule has 0 atom stereocenters. The lowest BCUT2D eigenvalue weighted by Crippen LogP contribution is -2.08. The fraction of sp³-hybridized carbons (Fsp3) is 0.190. The Balaban J connectivity index is 1.98. The molecule has 0 amide bonds. The van der Waals surface area contributed by atoms with Crippen LogP contribution in [0.15, 0.2) is 48.5 Å². The zero-order chi connectivity index (χ0) is 20.4. The summed E-state index contributed by atoms with van der Waals surface area (Å²) in [5, 5.41) is 8.37. The van der Waals surface area contributed by atoms with Crippen molar-refractivity contribution in [1.82, 2.24) is 0 Å². The van der Waals surface area contributed by atoms with E-state index in [2.05, 4.69) is 0 Å². The van der Waals surface area contributed by atoms with E-state index in [1.54, 1.807) is 24.3 Å². The normalized spacial score (nSPS) is 10.3. The summed E-state index contributed by atoms with van der Waals surface area (Å²) in [5.74, 6) is -1.32. The average molecular weight is 383 g/mol. The summed E-state index contributed by atoms with van der Waals surface area (Å²) in [6, 6.07) is 12.1. The van der Waals surface area contributed by atoms with Gasteiger partial charge in [-0.1, -0.05) is 0 Å². The summed E-state index contributed by atoms with van der Waals surface area (Å²) in [5.41, 5.74) is 0.422. The highest BCUT2D eigenvalue weighted by Crippen LogP contribution is 2.20. The van der Waals surface area contributed by atoms with Crippen LogP contribution in [-0.4, -0.2) is 25.2 Å². The van der Waals surface area contributed by atoms with Gasteiger partial charge in [0.15, 0.2) is 0 Å². The van der Waals surface area contributed by atoms with Gasteiger partial charge in [-0.15, -0.1) is 0 Å². The molecule has 0 N–H and O–H groups in total. The van der Waals surface area contributed by atoms with Crippen molar-refractivity contribution in [2.45, 2.75) is 13.3 Å². The van der Waals surface area contributed by atoms with Crippen molar-refractivity contribution in [2.24, 2.45) is 0 Å². The van der Waals surface area contributed by atoms with Crippen molar-refractivity contribution in [3.8, 4) is 17.6 Å². The molecule has 0 heterocycles. The third kappa shape index (κ3) is 6.25. The summed E-state index contributed by atoms with van der Waals surface area (Å²) in [7, 11) is 0. The average Bonchev–Trinajstić information content (AvgIpc) is 2.68. The van der Waals surface area contributed by atoms with Crippen molar-refractivity contribution in [2.75, 3.05) is 13.2 Å². The summed E-state index contributed by atoms with van der Waals surface area (Å²) in [6.45, 7) is 2.34. The number of benzene rings is 2. The molecule has 0 unspecified atom stereocenters. The molecule has 144 valence electrons. The lowest BCUT2D eigenvalue weighted by Gasteiger charge is -2.07. The van der Waals surface area contributed by atoms with Crippen molar-refractivity contribution >= 4 is 18.0 Å². The van der Waals surface area contributed by atoms with Gasteiger partial charge >= 0.3 is 11.9 Å². The Labute approximate surface area is 161 Å². The van der Waals surface area contributed by atoms with Crippen LogP contribution in [0.25, 0.3) is 6.08 Å². The molecule has 0 fully saturated rings. The molecule has 0 spiro atoms. The Kier molecular flexibility index (Phi) is 7.73. The molecule has 0 aromatic heterocycles. The first-order chi connectivity index (χ1) is 13.5. The topological polar surface area (TPSA) is 85.6 Å². The minimum Gasteiger partial charge on any atom is -0.494 e. The van der Waals surface area contributed by atoms with Gasteiger partial charge in [0, 0.05) is 17.7 Å². The Morgan fingerprint density at radius 1 is 1.14 bits per heavy atom. The second-order valence-corrected chi connectivity index (χ2v) is 5.44. The second kappa shape index (κ2) is 10.5. The molecule has 7 heteroatoms. The maximum atomic E-state index is 14.1. The van der Waals surface area contributed by atoms with E-state index in [0.29, 0.717) is 17.9 Å². The SMILES string of the molecule is CCOc1ccc(C(=O)Oc2ccc(/C=C/C(=O)OCCC#N)c(F)c2)cc1. The van der Waals surface area contributed by atoms with Crippen molar-refractivity contribution in [3.05, 3.63) is 65.5 Å². The number of nitriles is 1. The van der Waals surface area contributed by atoms with E-state index in [-0.39, 0.29) is 24.3 Å². The monoisotopic (exact) mass is 383 g/mol.